The van der Waals surface area contributed by atoms with Crippen LogP contribution >= 0.6 is 23.2 Å². The molecule has 1 aromatic carbocycles. The number of hydrogen-bond acceptors (Lipinski definition) is 5. The molecule has 0 aliphatic carbocycles. The molecule has 1 N–H and O–H groups in total. The smallest absolute Gasteiger partial charge is 0.273 e. The number of nitrogens with zero attached hydrogens (tertiary/aromatic N) is 4. The normalized spacial score (nSPS) is 11.4. The highest BCUT2D eigenvalue weighted by Gasteiger charge is 2.17. The Labute approximate surface area is 163 Å². The van der Waals surface area contributed by atoms with Crippen molar-refractivity contribution < 1.29 is 4.52 Å². The van der Waals surface area contributed by atoms with Gasteiger partial charge in [-0.05, 0) is 18.6 Å². The number of fused-ring (bicyclic) bond motifs is 1. The van der Waals surface area contributed by atoms with Crippen molar-refractivity contribution in [1.29, 1.82) is 0 Å². The molecule has 3 aromatic heterocycles. The molecule has 0 amide bonds. The van der Waals surface area contributed by atoms with Gasteiger partial charge in [0.1, 0.15) is 5.56 Å². The van der Waals surface area contributed by atoms with Gasteiger partial charge >= 0.3 is 0 Å². The van der Waals surface area contributed by atoms with Gasteiger partial charge in [0.2, 0.25) is 0 Å². The third-order valence-corrected chi connectivity index (χ3v) is 4.90. The molecule has 0 radical (unpaired) electrons. The number of halogens is 2. The highest BCUT2D eigenvalue weighted by atomic mass is 35.5. The van der Waals surface area contributed by atoms with Gasteiger partial charge in [0.25, 0.3) is 11.4 Å². The second-order valence-electron chi connectivity index (χ2n) is 6.07. The lowest BCUT2D eigenvalue weighted by Crippen LogP contribution is -2.14. The van der Waals surface area contributed by atoms with Crippen molar-refractivity contribution in [3.8, 4) is 22.7 Å². The summed E-state index contributed by atoms with van der Waals surface area (Å²) >= 11 is 12.1. The third kappa shape index (κ3) is 3.36. The van der Waals surface area contributed by atoms with Crippen LogP contribution in [0.3, 0.4) is 0 Å². The highest BCUT2D eigenvalue weighted by molar-refractivity contribution is 6.42. The molecule has 0 atom stereocenters. The molecule has 138 valence electrons. The summed E-state index contributed by atoms with van der Waals surface area (Å²) in [5.74, 6) is 0.951. The van der Waals surface area contributed by atoms with Crippen molar-refractivity contribution in [2.75, 3.05) is 0 Å². The van der Waals surface area contributed by atoms with Gasteiger partial charge in [0.15, 0.2) is 11.5 Å². The molecule has 0 spiro atoms. The zero-order valence-corrected chi connectivity index (χ0v) is 15.9. The molecular formula is C18H15Cl2N5O2. The SMILES string of the molecule is CCCCc1noc(-c2c[nH]n3c(=O)cc(-c4ccc(Cl)c(Cl)c4)nc23)n1. The van der Waals surface area contributed by atoms with Crippen LogP contribution in [0.2, 0.25) is 10.0 Å². The number of rotatable bonds is 5. The van der Waals surface area contributed by atoms with Crippen molar-refractivity contribution in [2.24, 2.45) is 0 Å². The fourth-order valence-electron chi connectivity index (χ4n) is 2.74. The molecule has 4 rings (SSSR count). The highest BCUT2D eigenvalue weighted by Crippen LogP contribution is 2.28. The summed E-state index contributed by atoms with van der Waals surface area (Å²) in [4.78, 5) is 21.5. The summed E-state index contributed by atoms with van der Waals surface area (Å²) in [5.41, 5.74) is 1.85. The number of benzene rings is 1. The number of aromatic nitrogens is 5. The Balaban J connectivity index is 1.81. The van der Waals surface area contributed by atoms with Crippen molar-refractivity contribution in [3.05, 3.63) is 56.7 Å². The summed E-state index contributed by atoms with van der Waals surface area (Å²) in [7, 11) is 0. The van der Waals surface area contributed by atoms with Gasteiger partial charge < -0.3 is 4.52 Å². The van der Waals surface area contributed by atoms with E-state index in [0.29, 0.717) is 44.2 Å². The molecule has 0 saturated carbocycles. The second-order valence-corrected chi connectivity index (χ2v) is 6.89. The average Bonchev–Trinajstić information content (AvgIpc) is 3.29. The van der Waals surface area contributed by atoms with E-state index in [1.807, 2.05) is 0 Å². The fraction of sp³-hybridized carbons (Fsp3) is 0.222. The first-order chi connectivity index (χ1) is 13.1. The lowest BCUT2D eigenvalue weighted by Gasteiger charge is -2.03. The van der Waals surface area contributed by atoms with Gasteiger partial charge in [-0.2, -0.15) is 4.98 Å². The fourth-order valence-corrected chi connectivity index (χ4v) is 3.04. The Morgan fingerprint density at radius 2 is 2.04 bits per heavy atom. The lowest BCUT2D eigenvalue weighted by atomic mass is 10.1. The molecule has 0 aliphatic rings. The number of hydrogen-bond donors (Lipinski definition) is 1. The van der Waals surface area contributed by atoms with Gasteiger partial charge in [-0.1, -0.05) is 47.8 Å². The van der Waals surface area contributed by atoms with Gasteiger partial charge in [-0.3, -0.25) is 9.89 Å². The molecule has 0 aliphatic heterocycles. The van der Waals surface area contributed by atoms with Crippen LogP contribution in [0.25, 0.3) is 28.4 Å². The standard InChI is InChI=1S/C18H15Cl2N5O2/c1-2-3-4-15-23-18(27-24-15)11-9-21-25-16(26)8-14(22-17(11)25)10-5-6-12(19)13(20)7-10/h5-9,21H,2-4H2,1H3. The Morgan fingerprint density at radius 3 is 2.81 bits per heavy atom. The van der Waals surface area contributed by atoms with Crippen LogP contribution in [0.5, 0.6) is 0 Å². The molecular weight excluding hydrogens is 389 g/mol. The molecule has 0 saturated heterocycles. The number of H-pyrrole nitrogens is 1. The Hall–Kier alpha value is -2.64. The largest absolute Gasteiger partial charge is 0.334 e. The first kappa shape index (κ1) is 17.8. The second kappa shape index (κ2) is 7.17. The van der Waals surface area contributed by atoms with E-state index in [0.717, 1.165) is 19.3 Å². The van der Waals surface area contributed by atoms with Crippen molar-refractivity contribution in [2.45, 2.75) is 26.2 Å². The van der Waals surface area contributed by atoms with E-state index < -0.39 is 0 Å². The van der Waals surface area contributed by atoms with Crippen LogP contribution in [0.1, 0.15) is 25.6 Å². The van der Waals surface area contributed by atoms with E-state index in [2.05, 4.69) is 27.1 Å². The van der Waals surface area contributed by atoms with Crippen LogP contribution in [0, 0.1) is 0 Å². The number of nitrogens with one attached hydrogen (secondary N) is 1. The minimum absolute atomic E-state index is 0.266. The van der Waals surface area contributed by atoms with Gasteiger partial charge in [-0.15, -0.1) is 0 Å². The molecule has 7 nitrogen and oxygen atoms in total. The van der Waals surface area contributed by atoms with Crippen LogP contribution in [-0.2, 0) is 6.42 Å². The van der Waals surface area contributed by atoms with Crippen LogP contribution in [0.4, 0.5) is 0 Å². The number of unbranched alkanes of at least 4 members (excludes halogenated alkanes) is 1. The topological polar surface area (TPSA) is 89.1 Å². The summed E-state index contributed by atoms with van der Waals surface area (Å²) in [6, 6.07) is 6.52. The van der Waals surface area contributed by atoms with Crippen LogP contribution < -0.4 is 5.56 Å². The maximum atomic E-state index is 12.5. The minimum Gasteiger partial charge on any atom is -0.334 e. The zero-order chi connectivity index (χ0) is 19.0. The van der Waals surface area contributed by atoms with Gasteiger partial charge in [0.05, 0.1) is 15.7 Å². The Bertz CT molecular complexity index is 1180. The number of aromatic amines is 1. The van der Waals surface area contributed by atoms with E-state index in [4.69, 9.17) is 27.7 Å². The summed E-state index contributed by atoms with van der Waals surface area (Å²) in [6.45, 7) is 2.10. The first-order valence-corrected chi connectivity index (χ1v) is 9.22. The van der Waals surface area contributed by atoms with Gasteiger partial charge in [0, 0.05) is 24.2 Å². The van der Waals surface area contributed by atoms with E-state index in [1.165, 1.54) is 10.6 Å². The maximum absolute atomic E-state index is 12.5. The van der Waals surface area contributed by atoms with Crippen molar-refractivity contribution >= 4 is 28.8 Å². The minimum atomic E-state index is -0.266. The lowest BCUT2D eigenvalue weighted by molar-refractivity contribution is 0.422. The van der Waals surface area contributed by atoms with E-state index in [9.17, 15) is 4.79 Å². The van der Waals surface area contributed by atoms with Crippen LogP contribution in [-0.4, -0.2) is 24.7 Å². The molecule has 3 heterocycles. The van der Waals surface area contributed by atoms with Gasteiger partial charge in [-0.25, -0.2) is 9.50 Å². The first-order valence-electron chi connectivity index (χ1n) is 8.46. The van der Waals surface area contributed by atoms with Crippen molar-refractivity contribution in [1.82, 2.24) is 24.7 Å². The summed E-state index contributed by atoms with van der Waals surface area (Å²) < 4.78 is 6.69. The monoisotopic (exact) mass is 403 g/mol. The summed E-state index contributed by atoms with van der Waals surface area (Å²) in [6.07, 6.45) is 4.39. The third-order valence-electron chi connectivity index (χ3n) is 4.17. The molecule has 0 bridgehead atoms. The molecule has 0 fully saturated rings. The maximum Gasteiger partial charge on any atom is 0.273 e. The summed E-state index contributed by atoms with van der Waals surface area (Å²) in [5, 5.41) is 7.69. The average molecular weight is 404 g/mol. The molecule has 4 aromatic rings. The zero-order valence-electron chi connectivity index (χ0n) is 14.4. The Kier molecular flexibility index (Phi) is 4.72. The van der Waals surface area contributed by atoms with Crippen molar-refractivity contribution in [3.63, 3.8) is 0 Å². The van der Waals surface area contributed by atoms with Crippen LogP contribution in [0.15, 0.2) is 39.8 Å². The molecule has 0 unspecified atom stereocenters. The quantitative estimate of drug-likeness (QED) is 0.533. The molecule has 9 heteroatoms. The predicted octanol–water partition coefficient (Wildman–Crippen LogP) is 4.39. The van der Waals surface area contributed by atoms with E-state index >= 15 is 0 Å². The predicted molar refractivity (Wildman–Crippen MR) is 103 cm³/mol. The van der Waals surface area contributed by atoms with E-state index in [-0.39, 0.29) is 5.56 Å². The Morgan fingerprint density at radius 1 is 1.19 bits per heavy atom. The molecule has 27 heavy (non-hydrogen) atoms. The number of aryl methyl sites for hydroxylation is 1. The van der Waals surface area contributed by atoms with E-state index in [1.54, 1.807) is 24.4 Å².